The summed E-state index contributed by atoms with van der Waals surface area (Å²) in [5.41, 5.74) is 1.31. The highest BCUT2D eigenvalue weighted by Gasteiger charge is 2.35. The maximum absolute atomic E-state index is 14.0. The fraction of sp³-hybridized carbons (Fsp3) is 0.182. The molecule has 3 aromatic rings. The van der Waals surface area contributed by atoms with Crippen molar-refractivity contribution in [2.45, 2.75) is 6.54 Å². The Morgan fingerprint density at radius 2 is 1.68 bits per heavy atom. The molecule has 0 aliphatic carbocycles. The minimum atomic E-state index is -0.644. The standard InChI is InChI=1S/C22H19FN2O6/c1-30-16-7-11(8-17(31-2)20(16)27)18-19(22(29)24-21(18)28)14-10-25(5-6-26)15-4-3-12(23)9-13(14)15/h3-4,7-10,26-27H,5-6H2,1-2H3,(H,24,28,29). The molecule has 3 N–H and O–H groups in total. The van der Waals surface area contributed by atoms with Crippen LogP contribution in [0.5, 0.6) is 17.2 Å². The zero-order chi connectivity index (χ0) is 22.3. The van der Waals surface area contributed by atoms with Crippen molar-refractivity contribution >= 4 is 33.9 Å². The predicted octanol–water partition coefficient (Wildman–Crippen LogP) is 2.06. The third-order valence-electron chi connectivity index (χ3n) is 5.15. The van der Waals surface area contributed by atoms with Crippen LogP contribution in [0.3, 0.4) is 0 Å². The Balaban J connectivity index is 2.04. The summed E-state index contributed by atoms with van der Waals surface area (Å²) in [6, 6.07) is 6.94. The normalized spacial score (nSPS) is 13.8. The molecule has 2 aromatic carbocycles. The lowest BCUT2D eigenvalue weighted by molar-refractivity contribution is -0.122. The molecule has 0 spiro atoms. The molecule has 8 nitrogen and oxygen atoms in total. The van der Waals surface area contributed by atoms with E-state index in [4.69, 9.17) is 9.47 Å². The molecule has 160 valence electrons. The number of aromatic nitrogens is 1. The van der Waals surface area contributed by atoms with E-state index in [1.54, 1.807) is 16.8 Å². The number of nitrogens with zero attached hydrogens (tertiary/aromatic N) is 1. The van der Waals surface area contributed by atoms with Crippen molar-refractivity contribution in [1.82, 2.24) is 9.88 Å². The van der Waals surface area contributed by atoms with E-state index in [2.05, 4.69) is 5.32 Å². The average Bonchev–Trinajstić information content (AvgIpc) is 3.24. The van der Waals surface area contributed by atoms with Crippen molar-refractivity contribution < 1.29 is 33.7 Å². The van der Waals surface area contributed by atoms with Crippen molar-refractivity contribution in [2.75, 3.05) is 20.8 Å². The molecule has 0 atom stereocenters. The highest BCUT2D eigenvalue weighted by Crippen LogP contribution is 2.42. The van der Waals surface area contributed by atoms with Crippen molar-refractivity contribution in [3.05, 3.63) is 53.5 Å². The van der Waals surface area contributed by atoms with Crippen LogP contribution in [0.4, 0.5) is 4.39 Å². The first kappa shape index (κ1) is 20.4. The first-order valence-corrected chi connectivity index (χ1v) is 9.34. The summed E-state index contributed by atoms with van der Waals surface area (Å²) < 4.78 is 26.0. The fourth-order valence-electron chi connectivity index (χ4n) is 3.79. The van der Waals surface area contributed by atoms with E-state index in [-0.39, 0.29) is 47.1 Å². The summed E-state index contributed by atoms with van der Waals surface area (Å²) in [5.74, 6) is -1.92. The lowest BCUT2D eigenvalue weighted by atomic mass is 9.95. The summed E-state index contributed by atoms with van der Waals surface area (Å²) in [6.45, 7) is 0.0607. The van der Waals surface area contributed by atoms with Gasteiger partial charge in [-0.15, -0.1) is 0 Å². The van der Waals surface area contributed by atoms with Gasteiger partial charge in [0.2, 0.25) is 5.75 Å². The van der Waals surface area contributed by atoms with Gasteiger partial charge in [-0.25, -0.2) is 4.39 Å². The molecule has 0 saturated carbocycles. The molecule has 1 aliphatic rings. The van der Waals surface area contributed by atoms with Crippen LogP contribution in [0, 0.1) is 5.82 Å². The van der Waals surface area contributed by atoms with E-state index in [0.29, 0.717) is 16.5 Å². The molecule has 2 heterocycles. The molecule has 31 heavy (non-hydrogen) atoms. The van der Waals surface area contributed by atoms with Crippen LogP contribution in [0.1, 0.15) is 11.1 Å². The van der Waals surface area contributed by atoms with Crippen LogP contribution in [0.15, 0.2) is 36.5 Å². The topological polar surface area (TPSA) is 110 Å². The van der Waals surface area contributed by atoms with E-state index in [1.165, 1.54) is 38.5 Å². The third kappa shape index (κ3) is 3.28. The number of halogens is 1. The fourth-order valence-corrected chi connectivity index (χ4v) is 3.79. The number of amides is 2. The van der Waals surface area contributed by atoms with Crippen LogP contribution in [-0.4, -0.2) is 47.4 Å². The van der Waals surface area contributed by atoms with Gasteiger partial charge in [0.05, 0.1) is 32.0 Å². The molecule has 0 saturated heterocycles. The largest absolute Gasteiger partial charge is 0.502 e. The Hall–Kier alpha value is -3.85. The third-order valence-corrected chi connectivity index (χ3v) is 5.15. The number of benzene rings is 2. The van der Waals surface area contributed by atoms with Crippen LogP contribution in [-0.2, 0) is 16.1 Å². The Labute approximate surface area is 176 Å². The number of nitrogens with one attached hydrogen (secondary N) is 1. The van der Waals surface area contributed by atoms with Gasteiger partial charge in [-0.1, -0.05) is 0 Å². The monoisotopic (exact) mass is 426 g/mol. The smallest absolute Gasteiger partial charge is 0.259 e. The van der Waals surface area contributed by atoms with Crippen LogP contribution in [0.2, 0.25) is 0 Å². The molecule has 1 aromatic heterocycles. The summed E-state index contributed by atoms with van der Waals surface area (Å²) in [4.78, 5) is 25.5. The second-order valence-corrected chi connectivity index (χ2v) is 6.88. The van der Waals surface area contributed by atoms with Crippen LogP contribution >= 0.6 is 0 Å². The molecule has 9 heteroatoms. The van der Waals surface area contributed by atoms with E-state index in [0.717, 1.165) is 0 Å². The van der Waals surface area contributed by atoms with Gasteiger partial charge in [-0.3, -0.25) is 14.9 Å². The number of fused-ring (bicyclic) bond motifs is 1. The van der Waals surface area contributed by atoms with Gasteiger partial charge >= 0.3 is 0 Å². The molecule has 1 aliphatic heterocycles. The molecule has 0 radical (unpaired) electrons. The van der Waals surface area contributed by atoms with Crippen molar-refractivity contribution in [1.29, 1.82) is 0 Å². The molecule has 0 fully saturated rings. The summed E-state index contributed by atoms with van der Waals surface area (Å²) >= 11 is 0. The van der Waals surface area contributed by atoms with Gasteiger partial charge in [0.25, 0.3) is 11.8 Å². The Bertz CT molecular complexity index is 1240. The number of methoxy groups -OCH3 is 2. The number of carbonyl (C=O) groups excluding carboxylic acids is 2. The van der Waals surface area contributed by atoms with Crippen molar-refractivity contribution in [3.63, 3.8) is 0 Å². The zero-order valence-corrected chi connectivity index (χ0v) is 16.7. The van der Waals surface area contributed by atoms with Gasteiger partial charge in [0.15, 0.2) is 11.5 Å². The zero-order valence-electron chi connectivity index (χ0n) is 16.7. The average molecular weight is 426 g/mol. The van der Waals surface area contributed by atoms with Gasteiger partial charge in [-0.2, -0.15) is 0 Å². The first-order chi connectivity index (χ1) is 14.9. The van der Waals surface area contributed by atoms with Crippen molar-refractivity contribution in [3.8, 4) is 17.2 Å². The number of rotatable bonds is 6. The summed E-state index contributed by atoms with van der Waals surface area (Å²) in [6.07, 6.45) is 1.60. The molecule has 2 amide bonds. The number of ether oxygens (including phenoxy) is 2. The maximum atomic E-state index is 14.0. The number of imide groups is 1. The van der Waals surface area contributed by atoms with Gasteiger partial charge in [0, 0.05) is 29.2 Å². The van der Waals surface area contributed by atoms with Crippen molar-refractivity contribution in [2.24, 2.45) is 0 Å². The number of hydrogen-bond acceptors (Lipinski definition) is 6. The quantitative estimate of drug-likeness (QED) is 0.521. The van der Waals surface area contributed by atoms with E-state index in [1.807, 2.05) is 0 Å². The van der Waals surface area contributed by atoms with Crippen LogP contribution < -0.4 is 14.8 Å². The number of aromatic hydroxyl groups is 1. The minimum absolute atomic E-state index is 0.0360. The SMILES string of the molecule is COc1cc(C2=C(c3cn(CCO)c4ccc(F)cc34)C(=O)NC2=O)cc(OC)c1O. The molecule has 0 bridgehead atoms. The number of hydrogen-bond donors (Lipinski definition) is 3. The summed E-state index contributed by atoms with van der Waals surface area (Å²) in [5, 5.41) is 22.3. The van der Waals surface area contributed by atoms with E-state index < -0.39 is 17.6 Å². The maximum Gasteiger partial charge on any atom is 0.259 e. The highest BCUT2D eigenvalue weighted by atomic mass is 19.1. The molecule has 0 unspecified atom stereocenters. The van der Waals surface area contributed by atoms with Gasteiger partial charge in [-0.05, 0) is 35.9 Å². The number of aliphatic hydroxyl groups excluding tert-OH is 1. The molecular formula is C22H19FN2O6. The number of phenolic OH excluding ortho intramolecular Hbond substituents is 1. The lowest BCUT2D eigenvalue weighted by Crippen LogP contribution is -2.22. The van der Waals surface area contributed by atoms with E-state index >= 15 is 0 Å². The molecule has 4 rings (SSSR count). The predicted molar refractivity (Wildman–Crippen MR) is 110 cm³/mol. The Kier molecular flexibility index (Phi) is 5.12. The second kappa shape index (κ2) is 7.77. The first-order valence-electron chi connectivity index (χ1n) is 9.34. The second-order valence-electron chi connectivity index (χ2n) is 6.88. The number of carbonyl (C=O) groups is 2. The Morgan fingerprint density at radius 3 is 2.29 bits per heavy atom. The van der Waals surface area contributed by atoms with E-state index in [9.17, 15) is 24.2 Å². The molecular weight excluding hydrogens is 407 g/mol. The number of phenols is 1. The van der Waals surface area contributed by atoms with Crippen LogP contribution in [0.25, 0.3) is 22.0 Å². The Morgan fingerprint density at radius 1 is 1.03 bits per heavy atom. The number of aliphatic hydroxyl groups is 1. The highest BCUT2D eigenvalue weighted by molar-refractivity contribution is 6.50. The van der Waals surface area contributed by atoms with Gasteiger partial charge in [0.1, 0.15) is 5.82 Å². The van der Waals surface area contributed by atoms with Gasteiger partial charge < -0.3 is 24.3 Å². The summed E-state index contributed by atoms with van der Waals surface area (Å²) in [7, 11) is 2.69. The minimum Gasteiger partial charge on any atom is -0.502 e. The lowest BCUT2D eigenvalue weighted by Gasteiger charge is -2.12.